The highest BCUT2D eigenvalue weighted by molar-refractivity contribution is 6.33. The van der Waals surface area contributed by atoms with Gasteiger partial charge in [0.1, 0.15) is 0 Å². The highest BCUT2D eigenvalue weighted by atomic mass is 35.5. The van der Waals surface area contributed by atoms with Crippen LogP contribution in [0.1, 0.15) is 45.4 Å². The standard InChI is InChI=1S/C29H37ClN6O/c1-3-27(37)36-14-12-20(13-15-36)19-35(4-2)22-9-7-8-21(16-22)33-29-32-18-25(30)28(34-29)24-17-31-26-11-6-5-10-23(24)26/h3,5-6,10-11,17-18,20-22,31H,1,4,7-9,12-16,19H2,2H3,(H,32,33,34)/t21-,22+/m1/s1. The Balaban J connectivity index is 1.22. The summed E-state index contributed by atoms with van der Waals surface area (Å²) in [5.41, 5.74) is 2.81. The van der Waals surface area contributed by atoms with Gasteiger partial charge in [-0.3, -0.25) is 4.79 Å². The molecular weight excluding hydrogens is 484 g/mol. The number of H-pyrrole nitrogens is 1. The number of hydrogen-bond acceptors (Lipinski definition) is 5. The summed E-state index contributed by atoms with van der Waals surface area (Å²) in [4.78, 5) is 29.2. The van der Waals surface area contributed by atoms with Gasteiger partial charge < -0.3 is 20.1 Å². The summed E-state index contributed by atoms with van der Waals surface area (Å²) >= 11 is 6.54. The molecule has 8 heteroatoms. The van der Waals surface area contributed by atoms with Gasteiger partial charge >= 0.3 is 0 Å². The molecule has 5 rings (SSSR count). The molecule has 196 valence electrons. The average Bonchev–Trinajstić information content (AvgIpc) is 3.37. The molecule has 2 aromatic heterocycles. The molecule has 2 fully saturated rings. The largest absolute Gasteiger partial charge is 0.360 e. The zero-order valence-corrected chi connectivity index (χ0v) is 22.4. The first kappa shape index (κ1) is 25.7. The van der Waals surface area contributed by atoms with Crippen LogP contribution in [0.4, 0.5) is 5.95 Å². The van der Waals surface area contributed by atoms with Crippen molar-refractivity contribution in [1.82, 2.24) is 24.8 Å². The molecule has 0 spiro atoms. The van der Waals surface area contributed by atoms with Gasteiger partial charge in [0.15, 0.2) is 0 Å². The summed E-state index contributed by atoms with van der Waals surface area (Å²) in [6, 6.07) is 9.06. The van der Waals surface area contributed by atoms with E-state index in [4.69, 9.17) is 16.6 Å². The van der Waals surface area contributed by atoms with E-state index in [0.29, 0.717) is 29.0 Å². The van der Waals surface area contributed by atoms with Crippen LogP contribution in [0.3, 0.4) is 0 Å². The lowest BCUT2D eigenvalue weighted by Crippen LogP contribution is -2.46. The number of nitrogens with zero attached hydrogens (tertiary/aromatic N) is 4. The fourth-order valence-electron chi connectivity index (χ4n) is 6.04. The summed E-state index contributed by atoms with van der Waals surface area (Å²) in [5, 5.41) is 5.28. The minimum atomic E-state index is 0.0595. The number of nitrogens with one attached hydrogen (secondary N) is 2. The highest BCUT2D eigenvalue weighted by Crippen LogP contribution is 2.33. The van der Waals surface area contributed by atoms with Gasteiger partial charge in [-0.15, -0.1) is 0 Å². The molecule has 3 aromatic rings. The number of anilines is 1. The molecule has 37 heavy (non-hydrogen) atoms. The van der Waals surface area contributed by atoms with Gasteiger partial charge in [-0.2, -0.15) is 0 Å². The minimum Gasteiger partial charge on any atom is -0.360 e. The van der Waals surface area contributed by atoms with E-state index in [2.05, 4.69) is 45.8 Å². The van der Waals surface area contributed by atoms with Gasteiger partial charge in [-0.05, 0) is 63.1 Å². The van der Waals surface area contributed by atoms with Crippen LogP contribution in [0.2, 0.25) is 5.02 Å². The molecule has 7 nitrogen and oxygen atoms in total. The van der Waals surface area contributed by atoms with Crippen molar-refractivity contribution in [2.45, 2.75) is 57.5 Å². The molecular formula is C29H37ClN6O. The zero-order valence-electron chi connectivity index (χ0n) is 21.6. The van der Waals surface area contributed by atoms with Gasteiger partial charge in [0.05, 0.1) is 16.9 Å². The van der Waals surface area contributed by atoms with E-state index in [0.717, 1.165) is 74.0 Å². The first-order valence-electron chi connectivity index (χ1n) is 13.6. The third kappa shape index (κ3) is 5.83. The topological polar surface area (TPSA) is 77.2 Å². The molecule has 1 amide bonds. The molecule has 0 bridgehead atoms. The number of aromatic amines is 1. The predicted molar refractivity (Wildman–Crippen MR) is 151 cm³/mol. The molecule has 0 radical (unpaired) electrons. The number of carbonyl (C=O) groups excluding carboxylic acids is 1. The lowest BCUT2D eigenvalue weighted by atomic mass is 9.88. The minimum absolute atomic E-state index is 0.0595. The van der Waals surface area contributed by atoms with Crippen LogP contribution in [0.15, 0.2) is 49.3 Å². The smallest absolute Gasteiger partial charge is 0.245 e. The SMILES string of the molecule is C=CC(=O)N1CCC(CN(CC)[C@H]2CCC[C@@H](Nc3ncc(Cl)c(-c4c[nH]c5ccccc45)n3)C2)CC1. The van der Waals surface area contributed by atoms with Crippen molar-refractivity contribution in [3.05, 3.63) is 54.3 Å². The summed E-state index contributed by atoms with van der Waals surface area (Å²) in [7, 11) is 0. The van der Waals surface area contributed by atoms with E-state index in [9.17, 15) is 4.79 Å². The third-order valence-corrected chi connectivity index (χ3v) is 8.36. The highest BCUT2D eigenvalue weighted by Gasteiger charge is 2.30. The van der Waals surface area contributed by atoms with Gasteiger partial charge in [0, 0.05) is 54.4 Å². The molecule has 2 aliphatic rings. The second kappa shape index (κ2) is 11.7. The third-order valence-electron chi connectivity index (χ3n) is 8.08. The van der Waals surface area contributed by atoms with Crippen molar-refractivity contribution >= 4 is 34.4 Å². The summed E-state index contributed by atoms with van der Waals surface area (Å²) in [6.07, 6.45) is 11.9. The normalized spacial score (nSPS) is 20.9. The van der Waals surface area contributed by atoms with E-state index in [1.165, 1.54) is 18.9 Å². The van der Waals surface area contributed by atoms with E-state index < -0.39 is 0 Å². The van der Waals surface area contributed by atoms with E-state index >= 15 is 0 Å². The monoisotopic (exact) mass is 520 g/mol. The Kier molecular flexibility index (Phi) is 8.11. The Labute approximate surface area is 224 Å². The lowest BCUT2D eigenvalue weighted by molar-refractivity contribution is -0.127. The maximum Gasteiger partial charge on any atom is 0.245 e. The molecule has 2 atom stereocenters. The maximum absolute atomic E-state index is 11.9. The Bertz CT molecular complexity index is 1230. The number of fused-ring (bicyclic) bond motifs is 1. The van der Waals surface area contributed by atoms with Crippen LogP contribution in [-0.4, -0.2) is 68.9 Å². The van der Waals surface area contributed by atoms with E-state index in [1.54, 1.807) is 6.20 Å². The van der Waals surface area contributed by atoms with Gasteiger partial charge in [-0.1, -0.05) is 43.3 Å². The van der Waals surface area contributed by atoms with Crippen molar-refractivity contribution in [3.8, 4) is 11.3 Å². The second-order valence-electron chi connectivity index (χ2n) is 10.4. The number of likely N-dealkylation sites (tertiary alicyclic amines) is 1. The van der Waals surface area contributed by atoms with Crippen molar-refractivity contribution in [2.75, 3.05) is 31.5 Å². The fourth-order valence-corrected chi connectivity index (χ4v) is 6.23. The summed E-state index contributed by atoms with van der Waals surface area (Å²) in [6.45, 7) is 9.73. The maximum atomic E-state index is 11.9. The number of piperidine rings is 1. The fraction of sp³-hybridized carbons (Fsp3) is 0.483. The second-order valence-corrected chi connectivity index (χ2v) is 10.8. The van der Waals surface area contributed by atoms with Crippen molar-refractivity contribution in [1.29, 1.82) is 0 Å². The number of amides is 1. The molecule has 2 N–H and O–H groups in total. The summed E-state index contributed by atoms with van der Waals surface area (Å²) < 4.78 is 0. The Morgan fingerprint density at radius 2 is 2.08 bits per heavy atom. The number of halogens is 1. The van der Waals surface area contributed by atoms with Crippen LogP contribution < -0.4 is 5.32 Å². The number of para-hydroxylation sites is 1. The number of benzene rings is 1. The van der Waals surface area contributed by atoms with Crippen LogP contribution in [-0.2, 0) is 4.79 Å². The van der Waals surface area contributed by atoms with Crippen LogP contribution in [0, 0.1) is 5.92 Å². The quantitative estimate of drug-likeness (QED) is 0.370. The zero-order chi connectivity index (χ0) is 25.8. The summed E-state index contributed by atoms with van der Waals surface area (Å²) in [5.74, 6) is 1.34. The number of carbonyl (C=O) groups is 1. The number of hydrogen-bond donors (Lipinski definition) is 2. The average molecular weight is 521 g/mol. The van der Waals surface area contributed by atoms with Crippen molar-refractivity contribution in [3.63, 3.8) is 0 Å². The molecule has 1 aliphatic carbocycles. The Hall–Kier alpha value is -2.90. The lowest BCUT2D eigenvalue weighted by Gasteiger charge is -2.40. The molecule has 1 saturated carbocycles. The van der Waals surface area contributed by atoms with Crippen LogP contribution in [0.5, 0.6) is 0 Å². The Morgan fingerprint density at radius 1 is 1.27 bits per heavy atom. The first-order valence-corrected chi connectivity index (χ1v) is 13.9. The van der Waals surface area contributed by atoms with E-state index in [1.807, 2.05) is 23.2 Å². The molecule has 3 heterocycles. The van der Waals surface area contributed by atoms with Crippen molar-refractivity contribution in [2.24, 2.45) is 5.92 Å². The molecule has 1 saturated heterocycles. The number of rotatable bonds is 8. The van der Waals surface area contributed by atoms with Crippen LogP contribution in [0.25, 0.3) is 22.2 Å². The molecule has 0 unspecified atom stereocenters. The van der Waals surface area contributed by atoms with E-state index in [-0.39, 0.29) is 5.91 Å². The number of aromatic nitrogens is 3. The first-order chi connectivity index (χ1) is 18.1. The van der Waals surface area contributed by atoms with Crippen LogP contribution >= 0.6 is 11.6 Å². The predicted octanol–water partition coefficient (Wildman–Crippen LogP) is 5.75. The molecule has 1 aromatic carbocycles. The van der Waals surface area contributed by atoms with Gasteiger partial charge in [-0.25, -0.2) is 9.97 Å². The molecule has 1 aliphatic heterocycles. The van der Waals surface area contributed by atoms with Crippen molar-refractivity contribution < 1.29 is 4.79 Å². The van der Waals surface area contributed by atoms with Gasteiger partial charge in [0.25, 0.3) is 0 Å². The van der Waals surface area contributed by atoms with Gasteiger partial charge in [0.2, 0.25) is 11.9 Å². The Morgan fingerprint density at radius 3 is 2.86 bits per heavy atom.